The Morgan fingerprint density at radius 1 is 1.82 bits per heavy atom. The normalized spacial score (nSPS) is 33.5. The first-order chi connectivity index (χ1) is 5.08. The van der Waals surface area contributed by atoms with Gasteiger partial charge in [-0.15, -0.1) is 0 Å². The van der Waals surface area contributed by atoms with E-state index in [-0.39, 0.29) is 10.8 Å². The number of hydrogen-bond donors (Lipinski definition) is 1. The maximum atomic E-state index is 10.9. The molecule has 1 amide bonds. The zero-order valence-electron chi connectivity index (χ0n) is 7.31. The molecule has 0 aromatic heterocycles. The number of amides is 1. The summed E-state index contributed by atoms with van der Waals surface area (Å²) in [6.07, 6.45) is 1.12. The number of nitrogens with one attached hydrogen (secondary N) is 1. The van der Waals surface area contributed by atoms with Crippen LogP contribution in [0.2, 0.25) is 0 Å². The Kier molecular flexibility index (Phi) is 2.47. The van der Waals surface area contributed by atoms with E-state index in [9.17, 15) is 4.79 Å². The van der Waals surface area contributed by atoms with Crippen LogP contribution in [0.1, 0.15) is 27.2 Å². The fourth-order valence-corrected chi connectivity index (χ4v) is 2.33. The van der Waals surface area contributed by atoms with Crippen molar-refractivity contribution >= 4 is 17.0 Å². The highest BCUT2D eigenvalue weighted by Crippen LogP contribution is 2.30. The fraction of sp³-hybridized carbons (Fsp3) is 0.875. The molecule has 0 saturated carbocycles. The number of carbonyl (C=O) groups is 1. The summed E-state index contributed by atoms with van der Waals surface area (Å²) in [6, 6.07) is 0. The minimum Gasteiger partial charge on any atom is -0.341 e. The predicted molar refractivity (Wildman–Crippen MR) is 48.8 cm³/mol. The standard InChI is InChI=1S/C8H15NOS/c1-4-6(2)8(3)5-11-7(10)9-8/h6H,4-5H2,1-3H3,(H,9,10). The van der Waals surface area contributed by atoms with Gasteiger partial charge in [0.05, 0.1) is 5.54 Å². The summed E-state index contributed by atoms with van der Waals surface area (Å²) in [6.45, 7) is 6.47. The molecule has 1 N–H and O–H groups in total. The summed E-state index contributed by atoms with van der Waals surface area (Å²) < 4.78 is 0. The third kappa shape index (κ3) is 1.70. The molecule has 0 aliphatic carbocycles. The van der Waals surface area contributed by atoms with Crippen LogP contribution in [-0.2, 0) is 0 Å². The molecule has 2 atom stereocenters. The van der Waals surface area contributed by atoms with Gasteiger partial charge in [0.15, 0.2) is 0 Å². The van der Waals surface area contributed by atoms with Crippen molar-refractivity contribution in [2.24, 2.45) is 5.92 Å². The Hall–Kier alpha value is -0.180. The smallest absolute Gasteiger partial charge is 0.279 e. The first-order valence-electron chi connectivity index (χ1n) is 4.03. The van der Waals surface area contributed by atoms with Crippen molar-refractivity contribution in [2.75, 3.05) is 5.75 Å². The predicted octanol–water partition coefficient (Wildman–Crippen LogP) is 2.25. The van der Waals surface area contributed by atoms with E-state index in [1.165, 1.54) is 11.8 Å². The van der Waals surface area contributed by atoms with Crippen LogP contribution in [0.4, 0.5) is 4.79 Å². The summed E-state index contributed by atoms with van der Waals surface area (Å²) in [5.74, 6) is 1.49. The molecule has 1 saturated heterocycles. The minimum absolute atomic E-state index is 0.0382. The maximum Gasteiger partial charge on any atom is 0.279 e. The number of rotatable bonds is 2. The van der Waals surface area contributed by atoms with Crippen LogP contribution in [-0.4, -0.2) is 16.5 Å². The van der Waals surface area contributed by atoms with E-state index in [1.807, 2.05) is 0 Å². The molecule has 0 bridgehead atoms. The van der Waals surface area contributed by atoms with Crippen molar-refractivity contribution in [3.63, 3.8) is 0 Å². The molecule has 0 aromatic carbocycles. The van der Waals surface area contributed by atoms with Gasteiger partial charge in [0.2, 0.25) is 0 Å². The Morgan fingerprint density at radius 3 is 2.82 bits per heavy atom. The van der Waals surface area contributed by atoms with Crippen molar-refractivity contribution in [1.82, 2.24) is 5.32 Å². The molecule has 0 radical (unpaired) electrons. The van der Waals surface area contributed by atoms with Gasteiger partial charge >= 0.3 is 0 Å². The highest BCUT2D eigenvalue weighted by Gasteiger charge is 2.37. The number of hydrogen-bond acceptors (Lipinski definition) is 2. The van der Waals surface area contributed by atoms with Crippen LogP contribution in [0.15, 0.2) is 0 Å². The fourth-order valence-electron chi connectivity index (χ4n) is 1.24. The van der Waals surface area contributed by atoms with E-state index in [2.05, 4.69) is 26.1 Å². The van der Waals surface area contributed by atoms with Crippen molar-refractivity contribution in [2.45, 2.75) is 32.7 Å². The van der Waals surface area contributed by atoms with Gasteiger partial charge in [0.1, 0.15) is 0 Å². The van der Waals surface area contributed by atoms with Crippen molar-refractivity contribution in [3.05, 3.63) is 0 Å². The Labute approximate surface area is 72.1 Å². The second-order valence-corrected chi connectivity index (χ2v) is 4.38. The molecule has 1 rings (SSSR count). The van der Waals surface area contributed by atoms with Crippen LogP contribution in [0.5, 0.6) is 0 Å². The van der Waals surface area contributed by atoms with Gasteiger partial charge in [-0.25, -0.2) is 0 Å². The molecule has 2 unspecified atom stereocenters. The summed E-state index contributed by atoms with van der Waals surface area (Å²) in [4.78, 5) is 10.9. The Bertz CT molecular complexity index is 171. The zero-order chi connectivity index (χ0) is 8.48. The molecule has 1 heterocycles. The lowest BCUT2D eigenvalue weighted by Gasteiger charge is -2.29. The molecule has 64 valence electrons. The van der Waals surface area contributed by atoms with E-state index >= 15 is 0 Å². The topological polar surface area (TPSA) is 29.1 Å². The first kappa shape index (κ1) is 8.91. The van der Waals surface area contributed by atoms with Crippen molar-refractivity contribution < 1.29 is 4.79 Å². The molecule has 0 aromatic rings. The Morgan fingerprint density at radius 2 is 2.45 bits per heavy atom. The quantitative estimate of drug-likeness (QED) is 0.694. The van der Waals surface area contributed by atoms with Gasteiger partial charge < -0.3 is 5.32 Å². The molecule has 0 spiro atoms. The monoisotopic (exact) mass is 173 g/mol. The molecule has 1 aliphatic heterocycles. The largest absolute Gasteiger partial charge is 0.341 e. The average molecular weight is 173 g/mol. The van der Waals surface area contributed by atoms with E-state index in [1.54, 1.807) is 0 Å². The summed E-state index contributed by atoms with van der Waals surface area (Å²) in [5.41, 5.74) is 0.0382. The first-order valence-corrected chi connectivity index (χ1v) is 5.02. The van der Waals surface area contributed by atoms with E-state index in [4.69, 9.17) is 0 Å². The third-order valence-electron chi connectivity index (χ3n) is 2.59. The van der Waals surface area contributed by atoms with Gasteiger partial charge in [-0.05, 0) is 12.8 Å². The van der Waals surface area contributed by atoms with E-state index < -0.39 is 0 Å². The van der Waals surface area contributed by atoms with Crippen molar-refractivity contribution in [1.29, 1.82) is 0 Å². The van der Waals surface area contributed by atoms with Gasteiger partial charge in [-0.3, -0.25) is 4.79 Å². The summed E-state index contributed by atoms with van der Waals surface area (Å²) in [7, 11) is 0. The summed E-state index contributed by atoms with van der Waals surface area (Å²) >= 11 is 1.40. The Balaban J connectivity index is 2.61. The molecule has 1 fully saturated rings. The SMILES string of the molecule is CCC(C)C1(C)CSC(=O)N1. The van der Waals surface area contributed by atoms with Crippen LogP contribution >= 0.6 is 11.8 Å². The van der Waals surface area contributed by atoms with Crippen molar-refractivity contribution in [3.8, 4) is 0 Å². The van der Waals surface area contributed by atoms with Crippen LogP contribution in [0, 0.1) is 5.92 Å². The van der Waals surface area contributed by atoms with Crippen LogP contribution in [0.3, 0.4) is 0 Å². The minimum atomic E-state index is 0.0382. The zero-order valence-corrected chi connectivity index (χ0v) is 8.12. The highest BCUT2D eigenvalue weighted by molar-refractivity contribution is 8.14. The lowest BCUT2D eigenvalue weighted by Crippen LogP contribution is -2.45. The molecule has 11 heavy (non-hydrogen) atoms. The van der Waals surface area contributed by atoms with E-state index in [0.29, 0.717) is 5.92 Å². The lowest BCUT2D eigenvalue weighted by molar-refractivity contribution is 0.241. The third-order valence-corrected chi connectivity index (χ3v) is 3.70. The molecule has 3 heteroatoms. The van der Waals surface area contributed by atoms with Gasteiger partial charge in [0, 0.05) is 5.75 Å². The number of thioether (sulfide) groups is 1. The van der Waals surface area contributed by atoms with Crippen LogP contribution < -0.4 is 5.32 Å². The van der Waals surface area contributed by atoms with Gasteiger partial charge in [-0.2, -0.15) is 0 Å². The lowest BCUT2D eigenvalue weighted by atomic mass is 9.87. The van der Waals surface area contributed by atoms with Crippen LogP contribution in [0.25, 0.3) is 0 Å². The molecule has 2 nitrogen and oxygen atoms in total. The highest BCUT2D eigenvalue weighted by atomic mass is 32.2. The molecular formula is C8H15NOS. The summed E-state index contributed by atoms with van der Waals surface area (Å²) in [5, 5.41) is 3.14. The maximum absolute atomic E-state index is 10.9. The molecular weight excluding hydrogens is 158 g/mol. The second kappa shape index (κ2) is 3.05. The number of carbonyl (C=O) groups excluding carboxylic acids is 1. The van der Waals surface area contributed by atoms with Gasteiger partial charge in [-0.1, -0.05) is 32.0 Å². The average Bonchev–Trinajstić information content (AvgIpc) is 2.31. The van der Waals surface area contributed by atoms with Gasteiger partial charge in [0.25, 0.3) is 5.24 Å². The second-order valence-electron chi connectivity index (χ2n) is 3.43. The van der Waals surface area contributed by atoms with E-state index in [0.717, 1.165) is 12.2 Å². The molecule has 1 aliphatic rings.